The van der Waals surface area contributed by atoms with Gasteiger partial charge in [0.15, 0.2) is 0 Å². The average molecular weight is 221 g/mol. The van der Waals surface area contributed by atoms with Crippen molar-refractivity contribution in [2.24, 2.45) is 0 Å². The molecular weight excluding hydrogens is 204 g/mol. The van der Waals surface area contributed by atoms with Crippen LogP contribution in [0, 0.1) is 0 Å². The van der Waals surface area contributed by atoms with Crippen LogP contribution in [0.2, 0.25) is 0 Å². The molecule has 0 aromatic carbocycles. The fourth-order valence-corrected chi connectivity index (χ4v) is 1.19. The summed E-state index contributed by atoms with van der Waals surface area (Å²) in [7, 11) is 0. The van der Waals surface area contributed by atoms with Crippen LogP contribution in [0.25, 0.3) is 0 Å². The summed E-state index contributed by atoms with van der Waals surface area (Å²) in [5.41, 5.74) is 0. The summed E-state index contributed by atoms with van der Waals surface area (Å²) in [4.78, 5) is 24.0. The lowest BCUT2D eigenvalue weighted by Crippen LogP contribution is -2.43. The van der Waals surface area contributed by atoms with Gasteiger partial charge in [-0.3, -0.25) is 10.1 Å². The van der Waals surface area contributed by atoms with Crippen LogP contribution in [0.3, 0.4) is 0 Å². The molecule has 0 heterocycles. The number of hydrogen-bond acceptors (Lipinski definition) is 2. The molecule has 0 aliphatic heterocycles. The maximum atomic E-state index is 11.4. The van der Waals surface area contributed by atoms with Crippen LogP contribution < -0.4 is 5.32 Å². The molecule has 0 aromatic rings. The van der Waals surface area contributed by atoms with E-state index in [1.807, 2.05) is 13.8 Å². The summed E-state index contributed by atoms with van der Waals surface area (Å²) in [6, 6.07) is -0.329. The van der Waals surface area contributed by atoms with Gasteiger partial charge in [-0.2, -0.15) is 0 Å². The molecule has 5 heteroatoms. The van der Waals surface area contributed by atoms with E-state index in [2.05, 4.69) is 5.32 Å². The van der Waals surface area contributed by atoms with Gasteiger partial charge in [-0.15, -0.1) is 11.6 Å². The molecule has 0 aliphatic carbocycles. The number of nitrogens with zero attached hydrogens (tertiary/aromatic N) is 1. The SMILES string of the molecule is CCCN(CC)C(=O)NC(=O)CCCl. The second-order valence-electron chi connectivity index (χ2n) is 2.87. The highest BCUT2D eigenvalue weighted by Crippen LogP contribution is 1.93. The van der Waals surface area contributed by atoms with Crippen LogP contribution in [0.15, 0.2) is 0 Å². The molecule has 0 unspecified atom stereocenters. The molecule has 0 aromatic heterocycles. The van der Waals surface area contributed by atoms with E-state index in [0.29, 0.717) is 13.1 Å². The van der Waals surface area contributed by atoms with E-state index in [1.165, 1.54) is 0 Å². The third kappa shape index (κ3) is 5.07. The fraction of sp³-hybridized carbons (Fsp3) is 0.778. The van der Waals surface area contributed by atoms with Crippen molar-refractivity contribution in [2.45, 2.75) is 26.7 Å². The van der Waals surface area contributed by atoms with Gasteiger partial charge in [0.1, 0.15) is 0 Å². The summed E-state index contributed by atoms with van der Waals surface area (Å²) in [5, 5.41) is 2.28. The molecule has 0 saturated carbocycles. The fourth-order valence-electron chi connectivity index (χ4n) is 1.02. The van der Waals surface area contributed by atoms with Gasteiger partial charge in [0.2, 0.25) is 5.91 Å². The number of alkyl halides is 1. The molecule has 0 saturated heterocycles. The van der Waals surface area contributed by atoms with Crippen molar-refractivity contribution in [3.63, 3.8) is 0 Å². The number of rotatable bonds is 5. The van der Waals surface area contributed by atoms with E-state index in [9.17, 15) is 9.59 Å². The molecule has 0 atom stereocenters. The van der Waals surface area contributed by atoms with Crippen LogP contribution in [-0.2, 0) is 4.79 Å². The number of imide groups is 1. The minimum atomic E-state index is -0.329. The van der Waals surface area contributed by atoms with Gasteiger partial charge in [-0.1, -0.05) is 6.92 Å². The molecule has 82 valence electrons. The van der Waals surface area contributed by atoms with E-state index in [4.69, 9.17) is 11.6 Å². The standard InChI is InChI=1S/C9H17ClN2O2/c1-3-7-12(4-2)9(14)11-8(13)5-6-10/h3-7H2,1-2H3,(H,11,13,14). The normalized spacial score (nSPS) is 9.64. The van der Waals surface area contributed by atoms with Crippen LogP contribution >= 0.6 is 11.6 Å². The van der Waals surface area contributed by atoms with Gasteiger partial charge in [0.25, 0.3) is 0 Å². The first kappa shape index (κ1) is 13.2. The summed E-state index contributed by atoms with van der Waals surface area (Å²) in [6.07, 6.45) is 1.06. The Kier molecular flexibility index (Phi) is 7.20. The monoisotopic (exact) mass is 220 g/mol. The Hall–Kier alpha value is -0.770. The topological polar surface area (TPSA) is 49.4 Å². The molecule has 4 nitrogen and oxygen atoms in total. The van der Waals surface area contributed by atoms with Crippen molar-refractivity contribution in [1.82, 2.24) is 10.2 Å². The van der Waals surface area contributed by atoms with Crippen LogP contribution in [0.1, 0.15) is 26.7 Å². The Morgan fingerprint density at radius 3 is 2.43 bits per heavy atom. The predicted molar refractivity (Wildman–Crippen MR) is 56.4 cm³/mol. The van der Waals surface area contributed by atoms with Crippen molar-refractivity contribution in [2.75, 3.05) is 19.0 Å². The van der Waals surface area contributed by atoms with E-state index in [1.54, 1.807) is 4.90 Å². The molecule has 0 rings (SSSR count). The molecule has 0 bridgehead atoms. The average Bonchev–Trinajstić information content (AvgIpc) is 2.14. The number of carbonyl (C=O) groups is 2. The maximum absolute atomic E-state index is 11.4. The number of urea groups is 1. The Balaban J connectivity index is 3.96. The van der Waals surface area contributed by atoms with E-state index >= 15 is 0 Å². The minimum Gasteiger partial charge on any atom is -0.325 e. The number of nitrogens with one attached hydrogen (secondary N) is 1. The molecule has 1 N–H and O–H groups in total. The zero-order chi connectivity index (χ0) is 11.0. The van der Waals surface area contributed by atoms with Crippen molar-refractivity contribution in [3.05, 3.63) is 0 Å². The quantitative estimate of drug-likeness (QED) is 0.716. The summed E-state index contributed by atoms with van der Waals surface area (Å²) < 4.78 is 0. The number of amides is 3. The number of hydrogen-bond donors (Lipinski definition) is 1. The van der Waals surface area contributed by atoms with E-state index in [-0.39, 0.29) is 24.2 Å². The Bertz CT molecular complexity index is 197. The maximum Gasteiger partial charge on any atom is 0.324 e. The van der Waals surface area contributed by atoms with Gasteiger partial charge in [0.05, 0.1) is 0 Å². The lowest BCUT2D eigenvalue weighted by molar-refractivity contribution is -0.119. The van der Waals surface area contributed by atoms with Crippen molar-refractivity contribution in [3.8, 4) is 0 Å². The van der Waals surface area contributed by atoms with Gasteiger partial charge >= 0.3 is 6.03 Å². The molecule has 0 aliphatic rings. The van der Waals surface area contributed by atoms with Gasteiger partial charge in [-0.05, 0) is 13.3 Å². The Morgan fingerprint density at radius 1 is 1.36 bits per heavy atom. The molecule has 3 amide bonds. The summed E-state index contributed by atoms with van der Waals surface area (Å²) in [6.45, 7) is 5.13. The van der Waals surface area contributed by atoms with Crippen LogP contribution in [0.5, 0.6) is 0 Å². The smallest absolute Gasteiger partial charge is 0.324 e. The first-order valence-electron chi connectivity index (χ1n) is 4.80. The Labute approximate surface area is 89.6 Å². The third-order valence-corrected chi connectivity index (χ3v) is 1.92. The second-order valence-corrected chi connectivity index (χ2v) is 3.25. The van der Waals surface area contributed by atoms with Crippen molar-refractivity contribution < 1.29 is 9.59 Å². The van der Waals surface area contributed by atoms with Crippen molar-refractivity contribution >= 4 is 23.5 Å². The molecule has 0 spiro atoms. The molecular formula is C9H17ClN2O2. The summed E-state index contributed by atoms with van der Waals surface area (Å²) in [5.74, 6) is -0.0847. The van der Waals surface area contributed by atoms with Crippen molar-refractivity contribution in [1.29, 1.82) is 0 Å². The molecule has 0 fully saturated rings. The predicted octanol–water partition coefficient (Wildman–Crippen LogP) is 1.58. The van der Waals surface area contributed by atoms with Gasteiger partial charge in [-0.25, -0.2) is 4.79 Å². The molecule has 0 radical (unpaired) electrons. The first-order chi connectivity index (χ1) is 6.65. The number of carbonyl (C=O) groups excluding carboxylic acids is 2. The lowest BCUT2D eigenvalue weighted by Gasteiger charge is -2.19. The lowest BCUT2D eigenvalue weighted by atomic mass is 10.4. The Morgan fingerprint density at radius 2 is 2.00 bits per heavy atom. The third-order valence-electron chi connectivity index (χ3n) is 1.73. The minimum absolute atomic E-state index is 0.178. The highest BCUT2D eigenvalue weighted by atomic mass is 35.5. The largest absolute Gasteiger partial charge is 0.325 e. The first-order valence-corrected chi connectivity index (χ1v) is 5.33. The van der Waals surface area contributed by atoms with E-state index < -0.39 is 0 Å². The second kappa shape index (κ2) is 7.62. The highest BCUT2D eigenvalue weighted by molar-refractivity contribution is 6.19. The van der Waals surface area contributed by atoms with Crippen LogP contribution in [-0.4, -0.2) is 35.8 Å². The zero-order valence-electron chi connectivity index (χ0n) is 8.68. The molecule has 14 heavy (non-hydrogen) atoms. The van der Waals surface area contributed by atoms with Crippen LogP contribution in [0.4, 0.5) is 4.79 Å². The van der Waals surface area contributed by atoms with Gasteiger partial charge in [0, 0.05) is 25.4 Å². The van der Waals surface area contributed by atoms with Gasteiger partial charge < -0.3 is 4.90 Å². The highest BCUT2D eigenvalue weighted by Gasteiger charge is 2.12. The number of halogens is 1. The zero-order valence-corrected chi connectivity index (χ0v) is 9.43. The summed E-state index contributed by atoms with van der Waals surface area (Å²) >= 11 is 5.37. The van der Waals surface area contributed by atoms with E-state index in [0.717, 1.165) is 6.42 Å².